The van der Waals surface area contributed by atoms with Crippen molar-refractivity contribution >= 4 is 11.4 Å². The number of hydrogen-bond acceptors (Lipinski definition) is 4. The maximum Gasteiger partial charge on any atom is 0.296 e. The fraction of sp³-hybridized carbons (Fsp3) is 0.429. The molecule has 0 aliphatic carbocycles. The summed E-state index contributed by atoms with van der Waals surface area (Å²) in [6, 6.07) is 5.02. The summed E-state index contributed by atoms with van der Waals surface area (Å²) in [4.78, 5) is 10.7. The van der Waals surface area contributed by atoms with Crippen LogP contribution >= 0.6 is 0 Å². The molecule has 1 N–H and O–H groups in total. The molecule has 1 atom stereocenters. The zero-order valence-electron chi connectivity index (χ0n) is 11.4. The van der Waals surface area contributed by atoms with Crippen molar-refractivity contribution in [3.05, 3.63) is 41.0 Å². The average Bonchev–Trinajstić information content (AvgIpc) is 2.38. The Bertz CT molecular complexity index is 446. The van der Waals surface area contributed by atoms with E-state index in [0.29, 0.717) is 18.0 Å². The van der Waals surface area contributed by atoms with Gasteiger partial charge in [-0.1, -0.05) is 6.08 Å². The van der Waals surface area contributed by atoms with Gasteiger partial charge in [-0.25, -0.2) is 0 Å². The van der Waals surface area contributed by atoms with Crippen LogP contribution < -0.4 is 10.1 Å². The molecule has 0 bridgehead atoms. The number of rotatable bonds is 8. The average molecular weight is 264 g/mol. The van der Waals surface area contributed by atoms with Crippen LogP contribution in [0.5, 0.6) is 5.75 Å². The SMILES string of the molecule is C=CCCC(C)Nc1ccc(OCC)cc1[N+](=O)[O-]. The zero-order chi connectivity index (χ0) is 14.3. The molecule has 19 heavy (non-hydrogen) atoms. The monoisotopic (exact) mass is 264 g/mol. The summed E-state index contributed by atoms with van der Waals surface area (Å²) in [7, 11) is 0. The number of ether oxygens (including phenoxy) is 1. The molecule has 1 aromatic carbocycles. The fourth-order valence-corrected chi connectivity index (χ4v) is 1.75. The van der Waals surface area contributed by atoms with Crippen molar-refractivity contribution in [3.63, 3.8) is 0 Å². The van der Waals surface area contributed by atoms with Crippen molar-refractivity contribution in [2.45, 2.75) is 32.7 Å². The van der Waals surface area contributed by atoms with Crippen LogP contribution in [0.25, 0.3) is 0 Å². The van der Waals surface area contributed by atoms with Gasteiger partial charge in [0.25, 0.3) is 5.69 Å². The molecule has 0 radical (unpaired) electrons. The van der Waals surface area contributed by atoms with Crippen LogP contribution in [0.4, 0.5) is 11.4 Å². The second-order valence-corrected chi connectivity index (χ2v) is 4.28. The summed E-state index contributed by atoms with van der Waals surface area (Å²) < 4.78 is 5.28. The molecule has 0 amide bonds. The Morgan fingerprint density at radius 2 is 2.32 bits per heavy atom. The van der Waals surface area contributed by atoms with E-state index in [1.54, 1.807) is 12.1 Å². The number of hydrogen-bond donors (Lipinski definition) is 1. The topological polar surface area (TPSA) is 64.4 Å². The Morgan fingerprint density at radius 3 is 2.89 bits per heavy atom. The maximum atomic E-state index is 11.1. The number of allylic oxidation sites excluding steroid dienone is 1. The number of anilines is 1. The van der Waals surface area contributed by atoms with Gasteiger partial charge in [0, 0.05) is 6.04 Å². The first-order valence-electron chi connectivity index (χ1n) is 6.37. The van der Waals surface area contributed by atoms with Crippen molar-refractivity contribution in [3.8, 4) is 5.75 Å². The van der Waals surface area contributed by atoms with Crippen LogP contribution in [-0.2, 0) is 0 Å². The zero-order valence-corrected chi connectivity index (χ0v) is 11.4. The van der Waals surface area contributed by atoms with Gasteiger partial charge in [0.05, 0.1) is 17.6 Å². The first kappa shape index (κ1) is 15.0. The normalized spacial score (nSPS) is 11.7. The molecule has 1 aromatic rings. The van der Waals surface area contributed by atoms with Gasteiger partial charge >= 0.3 is 0 Å². The highest BCUT2D eigenvalue weighted by Gasteiger charge is 2.16. The Labute approximate surface area is 113 Å². The minimum Gasteiger partial charge on any atom is -0.494 e. The van der Waals surface area contributed by atoms with E-state index < -0.39 is 4.92 Å². The summed E-state index contributed by atoms with van der Waals surface area (Å²) in [5.41, 5.74) is 0.557. The molecular formula is C14H20N2O3. The summed E-state index contributed by atoms with van der Waals surface area (Å²) in [5.74, 6) is 0.512. The molecule has 0 saturated carbocycles. The molecule has 1 rings (SSSR count). The third-order valence-electron chi connectivity index (χ3n) is 2.68. The molecule has 5 nitrogen and oxygen atoms in total. The lowest BCUT2D eigenvalue weighted by molar-refractivity contribution is -0.384. The van der Waals surface area contributed by atoms with E-state index in [9.17, 15) is 10.1 Å². The van der Waals surface area contributed by atoms with Crippen molar-refractivity contribution in [1.29, 1.82) is 0 Å². The summed E-state index contributed by atoms with van der Waals surface area (Å²) >= 11 is 0. The van der Waals surface area contributed by atoms with Gasteiger partial charge in [-0.3, -0.25) is 10.1 Å². The van der Waals surface area contributed by atoms with E-state index in [-0.39, 0.29) is 11.7 Å². The molecule has 0 spiro atoms. The molecule has 0 heterocycles. The van der Waals surface area contributed by atoms with Crippen LogP contribution in [-0.4, -0.2) is 17.6 Å². The number of benzene rings is 1. The predicted octanol–water partition coefficient (Wildman–Crippen LogP) is 3.76. The predicted molar refractivity (Wildman–Crippen MR) is 76.8 cm³/mol. The molecule has 104 valence electrons. The van der Waals surface area contributed by atoms with Crippen LogP contribution in [0.1, 0.15) is 26.7 Å². The molecule has 0 fully saturated rings. The third-order valence-corrected chi connectivity index (χ3v) is 2.68. The summed E-state index contributed by atoms with van der Waals surface area (Å²) in [5, 5.41) is 14.2. The quantitative estimate of drug-likeness (QED) is 0.441. The largest absolute Gasteiger partial charge is 0.494 e. The van der Waals surface area contributed by atoms with E-state index in [2.05, 4.69) is 11.9 Å². The lowest BCUT2D eigenvalue weighted by Crippen LogP contribution is -2.15. The fourth-order valence-electron chi connectivity index (χ4n) is 1.75. The Kier molecular flexibility index (Phi) is 5.85. The van der Waals surface area contributed by atoms with Crippen LogP contribution in [0.3, 0.4) is 0 Å². The highest BCUT2D eigenvalue weighted by molar-refractivity contribution is 5.64. The van der Waals surface area contributed by atoms with Gasteiger partial charge < -0.3 is 10.1 Å². The smallest absolute Gasteiger partial charge is 0.296 e. The summed E-state index contributed by atoms with van der Waals surface area (Å²) in [6.07, 6.45) is 3.59. The maximum absolute atomic E-state index is 11.1. The molecule has 0 saturated heterocycles. The Hall–Kier alpha value is -2.04. The second kappa shape index (κ2) is 7.41. The Balaban J connectivity index is 2.87. The van der Waals surface area contributed by atoms with E-state index in [4.69, 9.17) is 4.74 Å². The molecule has 0 aliphatic heterocycles. The minimum absolute atomic E-state index is 0.0383. The Morgan fingerprint density at radius 1 is 1.58 bits per heavy atom. The number of nitro groups is 1. The van der Waals surface area contributed by atoms with E-state index >= 15 is 0 Å². The lowest BCUT2D eigenvalue weighted by atomic mass is 10.1. The number of nitrogens with zero attached hydrogens (tertiary/aromatic N) is 1. The highest BCUT2D eigenvalue weighted by atomic mass is 16.6. The van der Waals surface area contributed by atoms with E-state index in [1.165, 1.54) is 6.07 Å². The van der Waals surface area contributed by atoms with Crippen molar-refractivity contribution in [2.24, 2.45) is 0 Å². The van der Waals surface area contributed by atoms with E-state index in [0.717, 1.165) is 12.8 Å². The van der Waals surface area contributed by atoms with Crippen molar-refractivity contribution in [2.75, 3.05) is 11.9 Å². The highest BCUT2D eigenvalue weighted by Crippen LogP contribution is 2.29. The first-order valence-corrected chi connectivity index (χ1v) is 6.37. The van der Waals surface area contributed by atoms with Gasteiger partial charge in [0.1, 0.15) is 11.4 Å². The molecule has 0 aliphatic rings. The molecule has 0 aromatic heterocycles. The van der Waals surface area contributed by atoms with Gasteiger partial charge in [0.15, 0.2) is 0 Å². The molecular weight excluding hydrogens is 244 g/mol. The minimum atomic E-state index is -0.398. The third kappa shape index (κ3) is 4.62. The van der Waals surface area contributed by atoms with Crippen LogP contribution in [0.15, 0.2) is 30.9 Å². The molecule has 1 unspecified atom stereocenters. The van der Waals surface area contributed by atoms with Gasteiger partial charge in [-0.05, 0) is 38.8 Å². The van der Waals surface area contributed by atoms with Crippen LogP contribution in [0, 0.1) is 10.1 Å². The van der Waals surface area contributed by atoms with E-state index in [1.807, 2.05) is 19.9 Å². The van der Waals surface area contributed by atoms with Gasteiger partial charge in [0.2, 0.25) is 0 Å². The van der Waals surface area contributed by atoms with Crippen LogP contribution in [0.2, 0.25) is 0 Å². The molecule has 5 heteroatoms. The number of nitrogens with one attached hydrogen (secondary N) is 1. The van der Waals surface area contributed by atoms with Gasteiger partial charge in [-0.2, -0.15) is 0 Å². The van der Waals surface area contributed by atoms with Crippen molar-refractivity contribution in [1.82, 2.24) is 0 Å². The first-order chi connectivity index (χ1) is 9.08. The van der Waals surface area contributed by atoms with Crippen molar-refractivity contribution < 1.29 is 9.66 Å². The van der Waals surface area contributed by atoms with Gasteiger partial charge in [-0.15, -0.1) is 6.58 Å². The lowest BCUT2D eigenvalue weighted by Gasteiger charge is -2.15. The standard InChI is InChI=1S/C14H20N2O3/c1-4-6-7-11(3)15-13-9-8-12(19-5-2)10-14(13)16(17)18/h4,8-11,15H,1,5-7H2,2-3H3. The second-order valence-electron chi connectivity index (χ2n) is 4.28. The number of nitro benzene ring substituents is 1. The summed E-state index contributed by atoms with van der Waals surface area (Å²) in [6.45, 7) is 7.98.